The summed E-state index contributed by atoms with van der Waals surface area (Å²) in [5.74, 6) is -0.950. The molecule has 0 N–H and O–H groups in total. The van der Waals surface area contributed by atoms with E-state index >= 15 is 0 Å². The van der Waals surface area contributed by atoms with Crippen LogP contribution in [0.2, 0.25) is 0 Å². The molecule has 19 heavy (non-hydrogen) atoms. The summed E-state index contributed by atoms with van der Waals surface area (Å²) in [7, 11) is 0. The first kappa shape index (κ1) is 13.0. The topological polar surface area (TPSA) is 53.8 Å². The van der Waals surface area contributed by atoms with Gasteiger partial charge in [0, 0.05) is 18.0 Å². The number of rotatable bonds is 4. The SMILES string of the molecule is CCc1ccccc1C(=O)C(C#N)c1cccnc1. The Kier molecular flexibility index (Phi) is 4.04. The van der Waals surface area contributed by atoms with Crippen molar-refractivity contribution in [3.05, 3.63) is 65.5 Å². The second-order valence-electron chi connectivity index (χ2n) is 4.22. The summed E-state index contributed by atoms with van der Waals surface area (Å²) < 4.78 is 0. The van der Waals surface area contributed by atoms with Gasteiger partial charge in [0.05, 0.1) is 6.07 Å². The minimum atomic E-state index is -0.790. The number of pyridine rings is 1. The third kappa shape index (κ3) is 2.69. The molecule has 3 nitrogen and oxygen atoms in total. The fourth-order valence-corrected chi connectivity index (χ4v) is 2.06. The molecule has 1 unspecified atom stereocenters. The van der Waals surface area contributed by atoms with Crippen LogP contribution in [0.15, 0.2) is 48.8 Å². The molecule has 2 rings (SSSR count). The molecule has 94 valence electrons. The average Bonchev–Trinajstić information content (AvgIpc) is 2.49. The van der Waals surface area contributed by atoms with Gasteiger partial charge in [0.1, 0.15) is 5.92 Å². The number of ketones is 1. The van der Waals surface area contributed by atoms with Crippen LogP contribution in [0.1, 0.15) is 34.3 Å². The number of carbonyl (C=O) groups is 1. The summed E-state index contributed by atoms with van der Waals surface area (Å²) >= 11 is 0. The van der Waals surface area contributed by atoms with Crippen LogP contribution in [0, 0.1) is 11.3 Å². The van der Waals surface area contributed by atoms with Gasteiger partial charge >= 0.3 is 0 Å². The number of hydrogen-bond donors (Lipinski definition) is 0. The van der Waals surface area contributed by atoms with E-state index < -0.39 is 5.92 Å². The Bertz CT molecular complexity index is 614. The minimum Gasteiger partial charge on any atom is -0.292 e. The Morgan fingerprint density at radius 1 is 1.32 bits per heavy atom. The van der Waals surface area contributed by atoms with E-state index in [4.69, 9.17) is 0 Å². The molecule has 0 saturated heterocycles. The van der Waals surface area contributed by atoms with Gasteiger partial charge in [-0.25, -0.2) is 0 Å². The maximum absolute atomic E-state index is 12.5. The lowest BCUT2D eigenvalue weighted by Crippen LogP contribution is -2.13. The van der Waals surface area contributed by atoms with Crippen LogP contribution >= 0.6 is 0 Å². The van der Waals surface area contributed by atoms with Crippen molar-refractivity contribution in [1.82, 2.24) is 4.98 Å². The van der Waals surface area contributed by atoms with Crippen LogP contribution in [0.3, 0.4) is 0 Å². The van der Waals surface area contributed by atoms with Crippen molar-refractivity contribution in [2.24, 2.45) is 0 Å². The van der Waals surface area contributed by atoms with Crippen LogP contribution in [-0.4, -0.2) is 10.8 Å². The molecule has 0 amide bonds. The lowest BCUT2D eigenvalue weighted by atomic mass is 9.90. The van der Waals surface area contributed by atoms with Crippen molar-refractivity contribution in [3.63, 3.8) is 0 Å². The Morgan fingerprint density at radius 3 is 2.74 bits per heavy atom. The van der Waals surface area contributed by atoms with Gasteiger partial charge in [-0.1, -0.05) is 37.3 Å². The van der Waals surface area contributed by atoms with Crippen molar-refractivity contribution in [3.8, 4) is 6.07 Å². The third-order valence-corrected chi connectivity index (χ3v) is 3.07. The number of nitrogens with zero attached hydrogens (tertiary/aromatic N) is 2. The quantitative estimate of drug-likeness (QED) is 0.783. The van der Waals surface area contributed by atoms with E-state index in [-0.39, 0.29) is 5.78 Å². The lowest BCUT2D eigenvalue weighted by Gasteiger charge is -2.11. The Morgan fingerprint density at radius 2 is 2.11 bits per heavy atom. The standard InChI is InChI=1S/C16H14N2O/c1-2-12-6-3-4-8-14(12)16(19)15(10-17)13-7-5-9-18-11-13/h3-9,11,15H,2H2,1H3. The highest BCUT2D eigenvalue weighted by molar-refractivity contribution is 6.03. The molecule has 1 aromatic carbocycles. The molecule has 0 spiro atoms. The van der Waals surface area contributed by atoms with Crippen LogP contribution in [0.4, 0.5) is 0 Å². The highest BCUT2D eigenvalue weighted by Gasteiger charge is 2.23. The summed E-state index contributed by atoms with van der Waals surface area (Å²) in [4.78, 5) is 16.5. The first-order valence-corrected chi connectivity index (χ1v) is 6.19. The summed E-state index contributed by atoms with van der Waals surface area (Å²) in [5, 5.41) is 9.28. The number of hydrogen-bond acceptors (Lipinski definition) is 3. The van der Waals surface area contributed by atoms with Gasteiger partial charge in [-0.15, -0.1) is 0 Å². The molecule has 0 radical (unpaired) electrons. The monoisotopic (exact) mass is 250 g/mol. The van der Waals surface area contributed by atoms with E-state index in [9.17, 15) is 10.1 Å². The predicted octanol–water partition coefficient (Wildman–Crippen LogP) is 3.13. The second-order valence-corrected chi connectivity index (χ2v) is 4.22. The average molecular weight is 250 g/mol. The Balaban J connectivity index is 2.40. The number of aryl methyl sites for hydroxylation is 1. The summed E-state index contributed by atoms with van der Waals surface area (Å²) in [6, 6.07) is 13.0. The van der Waals surface area contributed by atoms with Gasteiger partial charge in [0.2, 0.25) is 0 Å². The van der Waals surface area contributed by atoms with Gasteiger partial charge < -0.3 is 0 Å². The predicted molar refractivity (Wildman–Crippen MR) is 72.7 cm³/mol. The molecule has 2 aromatic rings. The summed E-state index contributed by atoms with van der Waals surface area (Å²) in [6.07, 6.45) is 3.97. The van der Waals surface area contributed by atoms with Gasteiger partial charge in [0.15, 0.2) is 5.78 Å². The molecule has 0 bridgehead atoms. The van der Waals surface area contributed by atoms with E-state index in [0.717, 1.165) is 12.0 Å². The van der Waals surface area contributed by atoms with Crippen LogP contribution < -0.4 is 0 Å². The van der Waals surface area contributed by atoms with Crippen molar-refractivity contribution in [1.29, 1.82) is 5.26 Å². The number of carbonyl (C=O) groups excluding carboxylic acids is 1. The zero-order chi connectivity index (χ0) is 13.7. The fraction of sp³-hybridized carbons (Fsp3) is 0.188. The highest BCUT2D eigenvalue weighted by atomic mass is 16.1. The maximum atomic E-state index is 12.5. The molecule has 0 aliphatic carbocycles. The smallest absolute Gasteiger partial charge is 0.184 e. The van der Waals surface area contributed by atoms with Crippen molar-refractivity contribution < 1.29 is 4.79 Å². The molecule has 0 aliphatic rings. The zero-order valence-corrected chi connectivity index (χ0v) is 10.7. The van der Waals surface area contributed by atoms with Crippen molar-refractivity contribution >= 4 is 5.78 Å². The van der Waals surface area contributed by atoms with Gasteiger partial charge in [0.25, 0.3) is 0 Å². The first-order chi connectivity index (χ1) is 9.27. The largest absolute Gasteiger partial charge is 0.292 e. The van der Waals surface area contributed by atoms with E-state index in [2.05, 4.69) is 11.1 Å². The third-order valence-electron chi connectivity index (χ3n) is 3.07. The molecule has 1 heterocycles. The molecule has 1 aromatic heterocycles. The van der Waals surface area contributed by atoms with Gasteiger partial charge in [-0.3, -0.25) is 9.78 Å². The molecule has 3 heteroatoms. The van der Waals surface area contributed by atoms with Gasteiger partial charge in [-0.2, -0.15) is 5.26 Å². The van der Waals surface area contributed by atoms with Gasteiger partial charge in [-0.05, 0) is 23.6 Å². The summed E-state index contributed by atoms with van der Waals surface area (Å²) in [6.45, 7) is 2.00. The Hall–Kier alpha value is -2.47. The molecular formula is C16H14N2O. The lowest BCUT2D eigenvalue weighted by molar-refractivity contribution is 0.0978. The highest BCUT2D eigenvalue weighted by Crippen LogP contribution is 2.22. The normalized spacial score (nSPS) is 11.6. The van der Waals surface area contributed by atoms with Crippen LogP contribution in [0.5, 0.6) is 0 Å². The molecular weight excluding hydrogens is 236 g/mol. The number of aromatic nitrogens is 1. The molecule has 0 saturated carbocycles. The zero-order valence-electron chi connectivity index (χ0n) is 10.7. The van der Waals surface area contributed by atoms with Crippen molar-refractivity contribution in [2.75, 3.05) is 0 Å². The molecule has 1 atom stereocenters. The number of nitriles is 1. The minimum absolute atomic E-state index is 0.159. The van der Waals surface area contributed by atoms with E-state index in [1.807, 2.05) is 25.1 Å². The second kappa shape index (κ2) is 5.92. The fourth-order valence-electron chi connectivity index (χ4n) is 2.06. The summed E-state index contributed by atoms with van der Waals surface area (Å²) in [5.41, 5.74) is 2.23. The van der Waals surface area contributed by atoms with Crippen molar-refractivity contribution in [2.45, 2.75) is 19.3 Å². The number of benzene rings is 1. The van der Waals surface area contributed by atoms with Crippen LogP contribution in [0.25, 0.3) is 0 Å². The van der Waals surface area contributed by atoms with E-state index in [1.165, 1.54) is 0 Å². The molecule has 0 aliphatic heterocycles. The first-order valence-electron chi connectivity index (χ1n) is 6.19. The Labute approximate surface area is 112 Å². The van der Waals surface area contributed by atoms with Crippen LogP contribution in [-0.2, 0) is 6.42 Å². The number of Topliss-reactive ketones (excluding diaryl/α,β-unsaturated/α-hetero) is 1. The van der Waals surface area contributed by atoms with E-state index in [0.29, 0.717) is 11.1 Å². The van der Waals surface area contributed by atoms with E-state index in [1.54, 1.807) is 30.6 Å². The maximum Gasteiger partial charge on any atom is 0.184 e. The molecule has 0 fully saturated rings.